The molecular formula is C13H19ClN2O3. The highest BCUT2D eigenvalue weighted by Crippen LogP contribution is 2.18. The van der Waals surface area contributed by atoms with Crippen LogP contribution >= 0.6 is 11.6 Å². The molecule has 0 aliphatic rings. The first-order valence-electron chi connectivity index (χ1n) is 5.92. The molecule has 6 heteroatoms. The van der Waals surface area contributed by atoms with E-state index in [0.29, 0.717) is 5.02 Å². The van der Waals surface area contributed by atoms with Gasteiger partial charge in [0, 0.05) is 11.6 Å². The highest BCUT2D eigenvalue weighted by molar-refractivity contribution is 6.30. The predicted octanol–water partition coefficient (Wildman–Crippen LogP) is 2.80. The van der Waals surface area contributed by atoms with Crippen LogP contribution in [0.5, 0.6) is 0 Å². The Balaban J connectivity index is 2.54. The van der Waals surface area contributed by atoms with E-state index in [1.165, 1.54) is 0 Å². The Labute approximate surface area is 118 Å². The summed E-state index contributed by atoms with van der Waals surface area (Å²) in [7, 11) is 0. The lowest BCUT2D eigenvalue weighted by Crippen LogP contribution is -2.34. The maximum Gasteiger partial charge on any atom is 0.431 e. The van der Waals surface area contributed by atoms with Crippen LogP contribution in [0.15, 0.2) is 24.3 Å². The second-order valence-electron chi connectivity index (χ2n) is 5.00. The monoisotopic (exact) mass is 286 g/mol. The zero-order valence-electron chi connectivity index (χ0n) is 11.3. The Kier molecular flexibility index (Phi) is 5.60. The fraction of sp³-hybridized carbons (Fsp3) is 0.462. The van der Waals surface area contributed by atoms with Gasteiger partial charge in [0.2, 0.25) is 0 Å². The van der Waals surface area contributed by atoms with Gasteiger partial charge in [0.15, 0.2) is 0 Å². The van der Waals surface area contributed by atoms with Crippen LogP contribution in [0.25, 0.3) is 0 Å². The summed E-state index contributed by atoms with van der Waals surface area (Å²) in [6.45, 7) is 5.53. The molecule has 0 spiro atoms. The summed E-state index contributed by atoms with van der Waals surface area (Å²) in [5.74, 6) is 0. The first kappa shape index (κ1) is 15.8. The average molecular weight is 287 g/mol. The van der Waals surface area contributed by atoms with Crippen molar-refractivity contribution in [3.63, 3.8) is 0 Å². The Morgan fingerprint density at radius 2 is 1.95 bits per heavy atom. The molecule has 0 bridgehead atoms. The van der Waals surface area contributed by atoms with Crippen LogP contribution < -0.4 is 11.2 Å². The Bertz CT molecular complexity index is 415. The number of hydrogen-bond acceptors (Lipinski definition) is 4. The summed E-state index contributed by atoms with van der Waals surface area (Å²) in [5, 5.41) is 0.625. The highest BCUT2D eigenvalue weighted by atomic mass is 35.5. The van der Waals surface area contributed by atoms with Gasteiger partial charge in [-0.15, -0.1) is 0 Å². The summed E-state index contributed by atoms with van der Waals surface area (Å²) in [6, 6.07) is 7.04. The van der Waals surface area contributed by atoms with Crippen LogP contribution in [0.2, 0.25) is 5.02 Å². The highest BCUT2D eigenvalue weighted by Gasteiger charge is 2.18. The molecule has 1 rings (SSSR count). The third kappa shape index (κ3) is 5.92. The molecule has 1 atom stereocenters. The molecule has 1 aromatic rings. The standard InChI is InChI=1S/C13H19ClN2O3/c1-13(2,3)18-12(17)16-19-11(8-15)9-4-6-10(14)7-5-9/h4-7,11H,8,15H2,1-3H3,(H,16,17). The molecule has 1 aromatic carbocycles. The van der Waals surface area contributed by atoms with E-state index in [4.69, 9.17) is 26.9 Å². The van der Waals surface area contributed by atoms with Crippen molar-refractivity contribution >= 4 is 17.7 Å². The molecular weight excluding hydrogens is 268 g/mol. The minimum atomic E-state index is -0.653. The second kappa shape index (κ2) is 6.75. The number of nitrogens with two attached hydrogens (primary N) is 1. The van der Waals surface area contributed by atoms with Gasteiger partial charge in [0.1, 0.15) is 11.7 Å². The molecule has 0 aromatic heterocycles. The first-order chi connectivity index (χ1) is 8.81. The summed E-state index contributed by atoms with van der Waals surface area (Å²) in [6.07, 6.45) is -1.11. The lowest BCUT2D eigenvalue weighted by molar-refractivity contribution is -0.0403. The molecule has 0 saturated heterocycles. The SMILES string of the molecule is CC(C)(C)OC(=O)NOC(CN)c1ccc(Cl)cc1. The van der Waals surface area contributed by atoms with E-state index in [1.807, 2.05) is 0 Å². The lowest BCUT2D eigenvalue weighted by Gasteiger charge is -2.21. The van der Waals surface area contributed by atoms with Crippen molar-refractivity contribution in [1.29, 1.82) is 0 Å². The van der Waals surface area contributed by atoms with Crippen molar-refractivity contribution < 1.29 is 14.4 Å². The Morgan fingerprint density at radius 3 is 2.42 bits per heavy atom. The zero-order chi connectivity index (χ0) is 14.5. The lowest BCUT2D eigenvalue weighted by atomic mass is 10.1. The number of halogens is 1. The van der Waals surface area contributed by atoms with Gasteiger partial charge in [-0.1, -0.05) is 23.7 Å². The minimum absolute atomic E-state index is 0.220. The van der Waals surface area contributed by atoms with Gasteiger partial charge in [-0.25, -0.2) is 4.79 Å². The van der Waals surface area contributed by atoms with Crippen molar-refractivity contribution in [3.8, 4) is 0 Å². The summed E-state index contributed by atoms with van der Waals surface area (Å²) in [5.41, 5.74) is 8.08. The Hall–Kier alpha value is -1.30. The van der Waals surface area contributed by atoms with E-state index >= 15 is 0 Å². The van der Waals surface area contributed by atoms with Gasteiger partial charge in [-0.2, -0.15) is 5.48 Å². The molecule has 106 valence electrons. The quantitative estimate of drug-likeness (QED) is 0.835. The van der Waals surface area contributed by atoms with Crippen molar-refractivity contribution in [2.45, 2.75) is 32.5 Å². The fourth-order valence-corrected chi connectivity index (χ4v) is 1.47. The first-order valence-corrected chi connectivity index (χ1v) is 6.30. The molecule has 3 N–H and O–H groups in total. The van der Waals surface area contributed by atoms with Crippen molar-refractivity contribution in [3.05, 3.63) is 34.9 Å². The van der Waals surface area contributed by atoms with Crippen LogP contribution in [0, 0.1) is 0 Å². The number of hydrogen-bond donors (Lipinski definition) is 2. The fourth-order valence-electron chi connectivity index (χ4n) is 1.35. The van der Waals surface area contributed by atoms with Gasteiger partial charge in [-0.05, 0) is 38.5 Å². The molecule has 19 heavy (non-hydrogen) atoms. The molecule has 1 unspecified atom stereocenters. The summed E-state index contributed by atoms with van der Waals surface area (Å²) < 4.78 is 5.05. The molecule has 0 radical (unpaired) electrons. The van der Waals surface area contributed by atoms with E-state index in [9.17, 15) is 4.79 Å². The molecule has 5 nitrogen and oxygen atoms in total. The number of rotatable bonds is 4. The normalized spacial score (nSPS) is 12.9. The van der Waals surface area contributed by atoms with E-state index in [2.05, 4.69) is 5.48 Å². The molecule has 0 aliphatic heterocycles. The van der Waals surface area contributed by atoms with Crippen LogP contribution in [0.1, 0.15) is 32.4 Å². The van der Waals surface area contributed by atoms with Crippen LogP contribution in [-0.2, 0) is 9.57 Å². The predicted molar refractivity (Wildman–Crippen MR) is 73.7 cm³/mol. The van der Waals surface area contributed by atoms with E-state index < -0.39 is 17.8 Å². The second-order valence-corrected chi connectivity index (χ2v) is 5.43. The average Bonchev–Trinajstić information content (AvgIpc) is 2.29. The summed E-state index contributed by atoms with van der Waals surface area (Å²) >= 11 is 5.80. The van der Waals surface area contributed by atoms with Crippen LogP contribution in [0.3, 0.4) is 0 Å². The molecule has 0 saturated carbocycles. The number of carbonyl (C=O) groups excluding carboxylic acids is 1. The van der Waals surface area contributed by atoms with Gasteiger partial charge in [0.05, 0.1) is 0 Å². The number of hydroxylamine groups is 1. The van der Waals surface area contributed by atoms with Crippen LogP contribution in [0.4, 0.5) is 4.79 Å². The van der Waals surface area contributed by atoms with E-state index in [1.54, 1.807) is 45.0 Å². The maximum absolute atomic E-state index is 11.4. The van der Waals surface area contributed by atoms with Crippen LogP contribution in [-0.4, -0.2) is 18.2 Å². The number of nitrogens with one attached hydrogen (secondary N) is 1. The van der Waals surface area contributed by atoms with Crippen molar-refractivity contribution in [2.75, 3.05) is 6.54 Å². The number of ether oxygens (including phenoxy) is 1. The number of amides is 1. The smallest absolute Gasteiger partial charge is 0.431 e. The zero-order valence-corrected chi connectivity index (χ0v) is 12.0. The molecule has 0 heterocycles. The largest absolute Gasteiger partial charge is 0.442 e. The van der Waals surface area contributed by atoms with Crippen molar-refractivity contribution in [2.24, 2.45) is 5.73 Å². The molecule has 0 aliphatic carbocycles. The maximum atomic E-state index is 11.4. The molecule has 1 amide bonds. The number of carbonyl (C=O) groups is 1. The molecule has 0 fully saturated rings. The third-order valence-corrected chi connectivity index (χ3v) is 2.39. The number of benzene rings is 1. The Morgan fingerprint density at radius 1 is 1.37 bits per heavy atom. The van der Waals surface area contributed by atoms with Gasteiger partial charge < -0.3 is 10.5 Å². The van der Waals surface area contributed by atoms with E-state index in [0.717, 1.165) is 5.56 Å². The van der Waals surface area contributed by atoms with Gasteiger partial charge in [-0.3, -0.25) is 4.84 Å². The van der Waals surface area contributed by atoms with Gasteiger partial charge >= 0.3 is 6.09 Å². The minimum Gasteiger partial charge on any atom is -0.442 e. The van der Waals surface area contributed by atoms with Gasteiger partial charge in [0.25, 0.3) is 0 Å². The summed E-state index contributed by atoms with van der Waals surface area (Å²) in [4.78, 5) is 16.7. The third-order valence-electron chi connectivity index (χ3n) is 2.14. The van der Waals surface area contributed by atoms with E-state index in [-0.39, 0.29) is 6.54 Å². The topological polar surface area (TPSA) is 73.6 Å². The van der Waals surface area contributed by atoms with Crippen molar-refractivity contribution in [1.82, 2.24) is 5.48 Å².